The molecular formula is C35H43N5O5. The van der Waals surface area contributed by atoms with Gasteiger partial charge in [0.15, 0.2) is 6.29 Å². The molecule has 3 aromatic carbocycles. The first kappa shape index (κ1) is 31.0. The fraction of sp³-hybridized carbons (Fsp3) is 0.429. The number of rotatable bonds is 8. The van der Waals surface area contributed by atoms with Gasteiger partial charge in [0, 0.05) is 49.0 Å². The summed E-state index contributed by atoms with van der Waals surface area (Å²) in [5, 5.41) is 18.3. The zero-order valence-electron chi connectivity index (χ0n) is 25.9. The van der Waals surface area contributed by atoms with E-state index < -0.39 is 11.8 Å². The van der Waals surface area contributed by atoms with Gasteiger partial charge in [0.1, 0.15) is 5.54 Å². The number of anilines is 2. The summed E-state index contributed by atoms with van der Waals surface area (Å²) in [6.45, 7) is 7.32. The Kier molecular flexibility index (Phi) is 9.37. The van der Waals surface area contributed by atoms with E-state index in [-0.39, 0.29) is 36.7 Å². The van der Waals surface area contributed by atoms with Crippen LogP contribution in [0.25, 0.3) is 0 Å². The molecule has 3 aliphatic heterocycles. The molecule has 4 atom stereocenters. The number of aliphatic hydroxyl groups is 1. The maximum absolute atomic E-state index is 13.2. The van der Waals surface area contributed by atoms with Crippen LogP contribution in [-0.4, -0.2) is 66.4 Å². The van der Waals surface area contributed by atoms with Crippen molar-refractivity contribution in [3.63, 3.8) is 0 Å². The molecule has 3 saturated heterocycles. The van der Waals surface area contributed by atoms with Crippen molar-refractivity contribution < 1.29 is 24.2 Å². The monoisotopic (exact) mass is 613 g/mol. The molecule has 0 aliphatic carbocycles. The molecule has 3 aliphatic rings. The predicted octanol–water partition coefficient (Wildman–Crippen LogP) is 4.54. The highest BCUT2D eigenvalue weighted by molar-refractivity contribution is 5.93. The van der Waals surface area contributed by atoms with Crippen LogP contribution in [0.2, 0.25) is 0 Å². The smallest absolute Gasteiger partial charge is 0.319 e. The Bertz CT molecular complexity index is 1460. The first-order valence-corrected chi connectivity index (χ1v) is 15.9. The fourth-order valence-corrected chi connectivity index (χ4v) is 6.82. The molecule has 0 saturated carbocycles. The molecule has 3 fully saturated rings. The molecular weight excluding hydrogens is 570 g/mol. The lowest BCUT2D eigenvalue weighted by atomic mass is 9.84. The van der Waals surface area contributed by atoms with Crippen LogP contribution in [0.15, 0.2) is 78.9 Å². The highest BCUT2D eigenvalue weighted by atomic mass is 16.7. The SMILES string of the molecule is CCNC(=O)Nc1cccc([C@H]2O[C@@H](CN3CCC4(CC3)C(=O)NCN4c3ccccc3)[C@@H](C)[C@@H](c3ccc(CO)cc3)O2)c1. The average molecular weight is 614 g/mol. The molecule has 0 aromatic heterocycles. The average Bonchev–Trinajstić information content (AvgIpc) is 3.38. The van der Waals surface area contributed by atoms with E-state index in [4.69, 9.17) is 9.47 Å². The molecule has 10 heteroatoms. The Labute approximate surface area is 264 Å². The zero-order valence-corrected chi connectivity index (χ0v) is 25.9. The van der Waals surface area contributed by atoms with Gasteiger partial charge in [0.2, 0.25) is 5.91 Å². The highest BCUT2D eigenvalue weighted by Crippen LogP contribution is 2.43. The van der Waals surface area contributed by atoms with E-state index in [0.717, 1.165) is 48.3 Å². The minimum absolute atomic E-state index is 0.0166. The van der Waals surface area contributed by atoms with Crippen molar-refractivity contribution in [3.8, 4) is 0 Å². The van der Waals surface area contributed by atoms with Gasteiger partial charge < -0.3 is 40.3 Å². The molecule has 3 aromatic rings. The van der Waals surface area contributed by atoms with Crippen LogP contribution in [0.3, 0.4) is 0 Å². The molecule has 238 valence electrons. The fourth-order valence-electron chi connectivity index (χ4n) is 6.82. The van der Waals surface area contributed by atoms with Gasteiger partial charge in [-0.1, -0.05) is 61.5 Å². The summed E-state index contributed by atoms with van der Waals surface area (Å²) in [7, 11) is 0. The third-order valence-electron chi connectivity index (χ3n) is 9.40. The van der Waals surface area contributed by atoms with Crippen molar-refractivity contribution in [3.05, 3.63) is 95.6 Å². The number of hydrogen-bond acceptors (Lipinski definition) is 7. The van der Waals surface area contributed by atoms with Crippen LogP contribution in [0.1, 0.15) is 55.8 Å². The lowest BCUT2D eigenvalue weighted by Gasteiger charge is -2.46. The Morgan fingerprint density at radius 3 is 2.47 bits per heavy atom. The van der Waals surface area contributed by atoms with E-state index in [9.17, 15) is 14.7 Å². The number of benzene rings is 3. The number of nitrogens with zero attached hydrogens (tertiary/aromatic N) is 2. The van der Waals surface area contributed by atoms with Gasteiger partial charge in [-0.2, -0.15) is 0 Å². The van der Waals surface area contributed by atoms with Gasteiger partial charge in [0.25, 0.3) is 0 Å². The normalized spacial score (nSPS) is 24.8. The minimum Gasteiger partial charge on any atom is -0.392 e. The first-order valence-electron chi connectivity index (χ1n) is 15.9. The molecule has 0 radical (unpaired) electrons. The molecule has 3 heterocycles. The standard InChI is InChI=1S/C35H43N5O5/c1-3-36-34(43)38-28-9-7-8-27(20-28)32-44-30(24(2)31(45-32)26-14-12-25(22-41)13-15-26)21-39-18-16-35(17-19-39)33(42)37-23-40(35)29-10-5-4-6-11-29/h4-15,20,24,30-32,41H,3,16-19,21-23H2,1-2H3,(H,37,42)(H2,36,38,43)/t24-,30+,31+,32+/m1/s1. The number of carbonyl (C=O) groups excluding carboxylic acids is 2. The van der Waals surface area contributed by atoms with Crippen LogP contribution < -0.4 is 20.9 Å². The van der Waals surface area contributed by atoms with Crippen LogP contribution in [0.5, 0.6) is 0 Å². The third kappa shape index (κ3) is 6.55. The van der Waals surface area contributed by atoms with E-state index >= 15 is 0 Å². The molecule has 3 amide bonds. The number of likely N-dealkylation sites (tertiary alicyclic amines) is 1. The molecule has 10 nitrogen and oxygen atoms in total. The number of hydrogen-bond donors (Lipinski definition) is 4. The second-order valence-corrected chi connectivity index (χ2v) is 12.2. The van der Waals surface area contributed by atoms with Crippen LogP contribution in [0, 0.1) is 5.92 Å². The Balaban J connectivity index is 1.20. The predicted molar refractivity (Wildman–Crippen MR) is 172 cm³/mol. The van der Waals surface area contributed by atoms with Crippen LogP contribution >= 0.6 is 0 Å². The number of aliphatic hydroxyl groups excluding tert-OH is 1. The van der Waals surface area contributed by atoms with Gasteiger partial charge >= 0.3 is 6.03 Å². The molecule has 0 unspecified atom stereocenters. The number of piperidine rings is 1. The lowest BCUT2D eigenvalue weighted by Crippen LogP contribution is -2.57. The van der Waals surface area contributed by atoms with E-state index in [2.05, 4.69) is 44.8 Å². The Hall–Kier alpha value is -3.96. The van der Waals surface area contributed by atoms with Gasteiger partial charge in [-0.25, -0.2) is 4.79 Å². The number of carbonyl (C=O) groups is 2. The summed E-state index contributed by atoms with van der Waals surface area (Å²) < 4.78 is 13.3. The summed E-state index contributed by atoms with van der Waals surface area (Å²) >= 11 is 0. The number of para-hydroxylation sites is 1. The molecule has 1 spiro atoms. The molecule has 45 heavy (non-hydrogen) atoms. The lowest BCUT2D eigenvalue weighted by molar-refractivity contribution is -0.276. The highest BCUT2D eigenvalue weighted by Gasteiger charge is 2.51. The van der Waals surface area contributed by atoms with Crippen molar-refractivity contribution in [2.75, 3.05) is 43.1 Å². The van der Waals surface area contributed by atoms with E-state index in [1.807, 2.05) is 73.7 Å². The summed E-state index contributed by atoms with van der Waals surface area (Å²) in [6.07, 6.45) is 0.424. The molecule has 4 N–H and O–H groups in total. The quantitative estimate of drug-likeness (QED) is 0.295. The molecule has 0 bridgehead atoms. The first-order chi connectivity index (χ1) is 21.9. The summed E-state index contributed by atoms with van der Waals surface area (Å²) in [5.74, 6) is 0.138. The second-order valence-electron chi connectivity index (χ2n) is 12.2. The van der Waals surface area contributed by atoms with E-state index in [0.29, 0.717) is 25.4 Å². The van der Waals surface area contributed by atoms with Crippen molar-refractivity contribution >= 4 is 23.3 Å². The maximum Gasteiger partial charge on any atom is 0.319 e. The van der Waals surface area contributed by atoms with Crippen molar-refractivity contribution in [2.45, 2.75) is 57.3 Å². The summed E-state index contributed by atoms with van der Waals surface area (Å²) in [6, 6.07) is 25.4. The van der Waals surface area contributed by atoms with Crippen molar-refractivity contribution in [2.24, 2.45) is 5.92 Å². The largest absolute Gasteiger partial charge is 0.392 e. The second kappa shape index (κ2) is 13.6. The Morgan fingerprint density at radius 2 is 1.76 bits per heavy atom. The van der Waals surface area contributed by atoms with Crippen LogP contribution in [0.4, 0.5) is 16.2 Å². The number of nitrogens with one attached hydrogen (secondary N) is 3. The number of amides is 3. The van der Waals surface area contributed by atoms with E-state index in [1.54, 1.807) is 0 Å². The molecule has 6 rings (SSSR count). The van der Waals surface area contributed by atoms with E-state index in [1.165, 1.54) is 0 Å². The van der Waals surface area contributed by atoms with Gasteiger partial charge in [-0.05, 0) is 55.2 Å². The summed E-state index contributed by atoms with van der Waals surface area (Å²) in [4.78, 5) is 30.0. The third-order valence-corrected chi connectivity index (χ3v) is 9.40. The van der Waals surface area contributed by atoms with Gasteiger partial charge in [-0.15, -0.1) is 0 Å². The number of urea groups is 1. The topological polar surface area (TPSA) is 115 Å². The van der Waals surface area contributed by atoms with Crippen LogP contribution in [-0.2, 0) is 20.9 Å². The maximum atomic E-state index is 13.2. The van der Waals surface area contributed by atoms with Crippen molar-refractivity contribution in [1.82, 2.24) is 15.5 Å². The zero-order chi connectivity index (χ0) is 31.4. The number of ether oxygens (including phenoxy) is 2. The van der Waals surface area contributed by atoms with Crippen molar-refractivity contribution in [1.29, 1.82) is 0 Å². The van der Waals surface area contributed by atoms with Gasteiger partial charge in [-0.3, -0.25) is 4.79 Å². The van der Waals surface area contributed by atoms with Gasteiger partial charge in [0.05, 0.1) is 25.5 Å². The Morgan fingerprint density at radius 1 is 1.00 bits per heavy atom. The minimum atomic E-state index is -0.644. The summed E-state index contributed by atoms with van der Waals surface area (Å²) in [5.41, 5.74) is 3.86.